The van der Waals surface area contributed by atoms with E-state index < -0.39 is 6.67 Å². The highest BCUT2D eigenvalue weighted by Gasteiger charge is 2.11. The first-order valence-electron chi connectivity index (χ1n) is 4.92. The number of rotatable bonds is 6. The molecule has 1 rings (SSSR count). The normalized spacial score (nSPS) is 10.2. The average Bonchev–Trinajstić information content (AvgIpc) is 2.27. The highest BCUT2D eigenvalue weighted by Crippen LogP contribution is 2.36. The molecule has 0 saturated heterocycles. The van der Waals surface area contributed by atoms with Crippen LogP contribution in [0.25, 0.3) is 0 Å². The first-order chi connectivity index (χ1) is 7.72. The van der Waals surface area contributed by atoms with Crippen molar-refractivity contribution in [2.75, 3.05) is 27.4 Å². The number of nitrogens with one attached hydrogen (secondary N) is 1. The molecule has 0 aliphatic rings. The number of hydrogen-bond donors (Lipinski definition) is 1. The van der Waals surface area contributed by atoms with E-state index in [9.17, 15) is 4.39 Å². The Hall–Kier alpha value is -1.00. The van der Waals surface area contributed by atoms with Gasteiger partial charge < -0.3 is 14.8 Å². The van der Waals surface area contributed by atoms with Gasteiger partial charge in [0.2, 0.25) is 0 Å². The fourth-order valence-electron chi connectivity index (χ4n) is 1.36. The lowest BCUT2D eigenvalue weighted by Crippen LogP contribution is -2.06. The molecule has 1 aromatic rings. The van der Waals surface area contributed by atoms with Crippen molar-refractivity contribution in [2.45, 2.75) is 6.54 Å². The summed E-state index contributed by atoms with van der Waals surface area (Å²) in [7, 11) is 3.37. The highest BCUT2D eigenvalue weighted by molar-refractivity contribution is 6.32. The quantitative estimate of drug-likeness (QED) is 0.838. The van der Waals surface area contributed by atoms with Gasteiger partial charge in [-0.25, -0.2) is 4.39 Å². The maximum Gasteiger partial charge on any atom is 0.179 e. The summed E-state index contributed by atoms with van der Waals surface area (Å²) in [6.07, 6.45) is 0. The lowest BCUT2D eigenvalue weighted by molar-refractivity contribution is 0.260. The van der Waals surface area contributed by atoms with Crippen LogP contribution in [0.15, 0.2) is 12.1 Å². The summed E-state index contributed by atoms with van der Waals surface area (Å²) in [5.41, 5.74) is 0.983. The van der Waals surface area contributed by atoms with E-state index in [1.54, 1.807) is 6.07 Å². The van der Waals surface area contributed by atoms with E-state index in [2.05, 4.69) is 5.32 Å². The van der Waals surface area contributed by atoms with Crippen molar-refractivity contribution in [3.63, 3.8) is 0 Å². The van der Waals surface area contributed by atoms with Crippen LogP contribution in [-0.2, 0) is 6.54 Å². The molecule has 5 heteroatoms. The average molecular weight is 248 g/mol. The molecule has 0 amide bonds. The lowest BCUT2D eigenvalue weighted by Gasteiger charge is -2.13. The number of alkyl halides is 1. The predicted octanol–water partition coefficient (Wildman–Crippen LogP) is 2.42. The van der Waals surface area contributed by atoms with Crippen molar-refractivity contribution in [1.29, 1.82) is 0 Å². The van der Waals surface area contributed by atoms with E-state index in [-0.39, 0.29) is 6.61 Å². The van der Waals surface area contributed by atoms with E-state index in [1.165, 1.54) is 7.11 Å². The minimum Gasteiger partial charge on any atom is -0.493 e. The van der Waals surface area contributed by atoms with Crippen LogP contribution < -0.4 is 14.8 Å². The molecule has 1 N–H and O–H groups in total. The highest BCUT2D eigenvalue weighted by atomic mass is 35.5. The second kappa shape index (κ2) is 6.55. The van der Waals surface area contributed by atoms with Gasteiger partial charge >= 0.3 is 0 Å². The van der Waals surface area contributed by atoms with E-state index in [0.29, 0.717) is 23.1 Å². The Balaban J connectivity index is 2.97. The molecule has 0 bridgehead atoms. The summed E-state index contributed by atoms with van der Waals surface area (Å²) in [6.45, 7) is 0.0959. The monoisotopic (exact) mass is 247 g/mol. The van der Waals surface area contributed by atoms with Gasteiger partial charge in [0.15, 0.2) is 11.5 Å². The molecule has 3 nitrogen and oxygen atoms in total. The lowest BCUT2D eigenvalue weighted by atomic mass is 10.2. The summed E-state index contributed by atoms with van der Waals surface area (Å²) in [4.78, 5) is 0. The van der Waals surface area contributed by atoms with Crippen LogP contribution in [0.4, 0.5) is 4.39 Å². The maximum absolute atomic E-state index is 12.0. The topological polar surface area (TPSA) is 30.5 Å². The first kappa shape index (κ1) is 13.1. The third-order valence-electron chi connectivity index (χ3n) is 1.99. The van der Waals surface area contributed by atoms with Crippen LogP contribution in [0.3, 0.4) is 0 Å². The zero-order chi connectivity index (χ0) is 12.0. The fourth-order valence-corrected chi connectivity index (χ4v) is 1.65. The van der Waals surface area contributed by atoms with Crippen LogP contribution in [0.2, 0.25) is 5.02 Å². The zero-order valence-corrected chi connectivity index (χ0v) is 10.1. The van der Waals surface area contributed by atoms with Gasteiger partial charge in [-0.3, -0.25) is 0 Å². The van der Waals surface area contributed by atoms with E-state index >= 15 is 0 Å². The molecule has 0 spiro atoms. The van der Waals surface area contributed by atoms with Gasteiger partial charge in [-0.15, -0.1) is 0 Å². The summed E-state index contributed by atoms with van der Waals surface area (Å²) in [6, 6.07) is 3.59. The van der Waals surface area contributed by atoms with Crippen LogP contribution >= 0.6 is 11.6 Å². The van der Waals surface area contributed by atoms with Crippen molar-refractivity contribution in [3.8, 4) is 11.5 Å². The standard InChI is InChI=1S/C11H15ClFNO2/c1-14-7-8-5-9(12)11(16-4-3-13)10(6-8)15-2/h5-6,14H,3-4,7H2,1-2H3. The molecular formula is C11H15ClFNO2. The third-order valence-corrected chi connectivity index (χ3v) is 2.27. The van der Waals surface area contributed by atoms with Gasteiger partial charge in [0.05, 0.1) is 12.1 Å². The van der Waals surface area contributed by atoms with Crippen LogP contribution in [-0.4, -0.2) is 27.4 Å². The van der Waals surface area contributed by atoms with Gasteiger partial charge in [0.25, 0.3) is 0 Å². The SMILES string of the molecule is CNCc1cc(Cl)c(OCCF)c(OC)c1. The minimum atomic E-state index is -0.558. The number of methoxy groups -OCH3 is 1. The summed E-state index contributed by atoms with van der Waals surface area (Å²) in [5.74, 6) is 0.910. The molecule has 0 aliphatic heterocycles. The third kappa shape index (κ3) is 3.25. The van der Waals surface area contributed by atoms with Gasteiger partial charge in [0.1, 0.15) is 13.3 Å². The number of hydrogen-bond acceptors (Lipinski definition) is 3. The molecule has 0 aromatic heterocycles. The predicted molar refractivity (Wildman–Crippen MR) is 62.2 cm³/mol. The maximum atomic E-state index is 12.0. The van der Waals surface area contributed by atoms with Crippen molar-refractivity contribution in [2.24, 2.45) is 0 Å². The van der Waals surface area contributed by atoms with Crippen molar-refractivity contribution in [3.05, 3.63) is 22.7 Å². The number of benzene rings is 1. The molecule has 1 aromatic carbocycles. The Morgan fingerprint density at radius 3 is 2.75 bits per heavy atom. The van der Waals surface area contributed by atoms with Gasteiger partial charge in [0, 0.05) is 6.54 Å². The number of ether oxygens (including phenoxy) is 2. The Labute approximate surface area is 99.5 Å². The molecule has 0 unspecified atom stereocenters. The van der Waals surface area contributed by atoms with Crippen molar-refractivity contribution >= 4 is 11.6 Å². The molecule has 0 fully saturated rings. The molecule has 0 saturated carbocycles. The summed E-state index contributed by atoms with van der Waals surface area (Å²) in [5, 5.41) is 3.44. The van der Waals surface area contributed by atoms with E-state index in [1.807, 2.05) is 13.1 Å². The first-order valence-corrected chi connectivity index (χ1v) is 5.30. The fraction of sp³-hybridized carbons (Fsp3) is 0.455. The summed E-state index contributed by atoms with van der Waals surface area (Å²) < 4.78 is 22.4. The van der Waals surface area contributed by atoms with Gasteiger partial charge in [-0.05, 0) is 24.7 Å². The van der Waals surface area contributed by atoms with Gasteiger partial charge in [-0.2, -0.15) is 0 Å². The van der Waals surface area contributed by atoms with Crippen LogP contribution in [0, 0.1) is 0 Å². The minimum absolute atomic E-state index is 0.0263. The Morgan fingerprint density at radius 2 is 2.19 bits per heavy atom. The van der Waals surface area contributed by atoms with Crippen molar-refractivity contribution < 1.29 is 13.9 Å². The second-order valence-electron chi connectivity index (χ2n) is 3.18. The Morgan fingerprint density at radius 1 is 1.44 bits per heavy atom. The van der Waals surface area contributed by atoms with E-state index in [0.717, 1.165) is 5.56 Å². The second-order valence-corrected chi connectivity index (χ2v) is 3.58. The Kier molecular flexibility index (Phi) is 5.35. The smallest absolute Gasteiger partial charge is 0.179 e. The largest absolute Gasteiger partial charge is 0.493 e. The van der Waals surface area contributed by atoms with Crippen LogP contribution in [0.5, 0.6) is 11.5 Å². The van der Waals surface area contributed by atoms with Crippen LogP contribution in [0.1, 0.15) is 5.56 Å². The van der Waals surface area contributed by atoms with Gasteiger partial charge in [-0.1, -0.05) is 11.6 Å². The van der Waals surface area contributed by atoms with Crippen molar-refractivity contribution in [1.82, 2.24) is 5.32 Å². The molecular weight excluding hydrogens is 233 g/mol. The molecule has 0 atom stereocenters. The zero-order valence-electron chi connectivity index (χ0n) is 9.35. The molecule has 0 aliphatic carbocycles. The number of halogens is 2. The molecule has 90 valence electrons. The Bertz CT molecular complexity index is 347. The molecule has 0 radical (unpaired) electrons. The molecule has 16 heavy (non-hydrogen) atoms. The summed E-state index contributed by atoms with van der Waals surface area (Å²) >= 11 is 6.03. The molecule has 0 heterocycles. The van der Waals surface area contributed by atoms with E-state index in [4.69, 9.17) is 21.1 Å².